The molecule has 0 bridgehead atoms. The van der Waals surface area contributed by atoms with Crippen molar-refractivity contribution in [3.05, 3.63) is 51.4 Å². The molecule has 0 atom stereocenters. The van der Waals surface area contributed by atoms with Gasteiger partial charge in [0.1, 0.15) is 16.7 Å². The second-order valence-electron chi connectivity index (χ2n) is 7.63. The first-order valence-corrected chi connectivity index (χ1v) is 9.88. The fourth-order valence-corrected chi connectivity index (χ4v) is 4.22. The molecule has 1 N–H and O–H groups in total. The number of benzene rings is 1. The predicted octanol–water partition coefficient (Wildman–Crippen LogP) is 4.40. The fourth-order valence-electron chi connectivity index (χ4n) is 3.01. The lowest BCUT2D eigenvalue weighted by molar-refractivity contribution is 0.0226. The number of thiophene rings is 1. The van der Waals surface area contributed by atoms with Crippen molar-refractivity contribution in [3.63, 3.8) is 0 Å². The first-order chi connectivity index (χ1) is 13.3. The highest BCUT2D eigenvalue weighted by Gasteiger charge is 2.29. The molecule has 0 saturated carbocycles. The molecule has 2 heterocycles. The van der Waals surface area contributed by atoms with E-state index >= 15 is 0 Å². The molecule has 28 heavy (non-hydrogen) atoms. The van der Waals surface area contributed by atoms with Crippen molar-refractivity contribution in [1.82, 2.24) is 4.90 Å². The molecule has 0 radical (unpaired) electrons. The van der Waals surface area contributed by atoms with Crippen LogP contribution in [0.2, 0.25) is 0 Å². The van der Waals surface area contributed by atoms with E-state index in [0.29, 0.717) is 37.2 Å². The lowest BCUT2D eigenvalue weighted by atomic mass is 10.0. The van der Waals surface area contributed by atoms with E-state index < -0.39 is 5.60 Å². The van der Waals surface area contributed by atoms with E-state index in [0.717, 1.165) is 21.0 Å². The van der Waals surface area contributed by atoms with Crippen LogP contribution in [0.25, 0.3) is 0 Å². The minimum absolute atomic E-state index is 0.322. The Balaban J connectivity index is 1.73. The normalized spacial score (nSPS) is 13.2. The Morgan fingerprint density at radius 1 is 1.25 bits per heavy atom. The molecular formula is C21H22N4O2S. The van der Waals surface area contributed by atoms with Crippen LogP contribution in [0, 0.1) is 22.7 Å². The molecule has 1 aliphatic heterocycles. The zero-order chi connectivity index (χ0) is 20.3. The van der Waals surface area contributed by atoms with Crippen LogP contribution >= 0.6 is 11.3 Å². The molecule has 0 spiro atoms. The van der Waals surface area contributed by atoms with E-state index in [1.165, 1.54) is 11.3 Å². The monoisotopic (exact) mass is 394 g/mol. The van der Waals surface area contributed by atoms with E-state index in [2.05, 4.69) is 17.5 Å². The Morgan fingerprint density at radius 2 is 1.96 bits per heavy atom. The number of anilines is 1. The predicted molar refractivity (Wildman–Crippen MR) is 108 cm³/mol. The molecule has 3 rings (SSSR count). The van der Waals surface area contributed by atoms with Gasteiger partial charge in [0.25, 0.3) is 0 Å². The number of amides is 1. The highest BCUT2D eigenvalue weighted by atomic mass is 32.1. The maximum Gasteiger partial charge on any atom is 0.410 e. The SMILES string of the molecule is CC(C)(C)OC(=O)N1CCc2c(sc(NCc3ccc(C#N)cc3)c2C#N)C1. The number of rotatable bonds is 3. The van der Waals surface area contributed by atoms with Gasteiger partial charge in [-0.2, -0.15) is 10.5 Å². The highest BCUT2D eigenvalue weighted by Crippen LogP contribution is 2.37. The van der Waals surface area contributed by atoms with Gasteiger partial charge in [-0.25, -0.2) is 4.79 Å². The van der Waals surface area contributed by atoms with E-state index in [4.69, 9.17) is 10.00 Å². The molecule has 1 aromatic heterocycles. The molecular weight excluding hydrogens is 372 g/mol. The molecule has 0 aliphatic carbocycles. The summed E-state index contributed by atoms with van der Waals surface area (Å²) in [7, 11) is 0. The Labute approximate surface area is 169 Å². The number of carbonyl (C=O) groups is 1. The number of fused-ring (bicyclic) bond motifs is 1. The Bertz CT molecular complexity index is 959. The van der Waals surface area contributed by atoms with Crippen LogP contribution in [-0.4, -0.2) is 23.1 Å². The summed E-state index contributed by atoms with van der Waals surface area (Å²) in [5.74, 6) is 0. The average molecular weight is 395 g/mol. The molecule has 7 heteroatoms. The third-order valence-corrected chi connectivity index (χ3v) is 5.53. The topological polar surface area (TPSA) is 89.2 Å². The maximum atomic E-state index is 12.4. The number of hydrogen-bond acceptors (Lipinski definition) is 6. The third kappa shape index (κ3) is 4.44. The number of nitrogens with one attached hydrogen (secondary N) is 1. The molecule has 0 unspecified atom stereocenters. The largest absolute Gasteiger partial charge is 0.444 e. The summed E-state index contributed by atoms with van der Waals surface area (Å²) in [6.45, 7) is 7.12. The molecule has 1 aromatic carbocycles. The van der Waals surface area contributed by atoms with Gasteiger partial charge in [-0.3, -0.25) is 0 Å². The molecule has 0 fully saturated rings. The quantitative estimate of drug-likeness (QED) is 0.833. The van der Waals surface area contributed by atoms with E-state index in [-0.39, 0.29) is 6.09 Å². The van der Waals surface area contributed by atoms with Crippen molar-refractivity contribution in [2.75, 3.05) is 11.9 Å². The Kier molecular flexibility index (Phi) is 5.58. The molecule has 1 amide bonds. The van der Waals surface area contributed by atoms with E-state index in [1.54, 1.807) is 17.0 Å². The number of nitriles is 2. The van der Waals surface area contributed by atoms with Crippen LogP contribution in [0.3, 0.4) is 0 Å². The van der Waals surface area contributed by atoms with Gasteiger partial charge < -0.3 is 15.0 Å². The first-order valence-electron chi connectivity index (χ1n) is 9.06. The van der Waals surface area contributed by atoms with Crippen LogP contribution in [-0.2, 0) is 24.2 Å². The Hall–Kier alpha value is -3.03. The van der Waals surface area contributed by atoms with E-state index in [9.17, 15) is 10.1 Å². The van der Waals surface area contributed by atoms with Crippen LogP contribution in [0.5, 0.6) is 0 Å². The summed E-state index contributed by atoms with van der Waals surface area (Å²) in [5, 5.41) is 22.7. The molecule has 2 aromatic rings. The van der Waals surface area contributed by atoms with Gasteiger partial charge in [-0.15, -0.1) is 11.3 Å². The summed E-state index contributed by atoms with van der Waals surface area (Å²) in [6, 6.07) is 11.8. The van der Waals surface area contributed by atoms with Crippen LogP contribution in [0.15, 0.2) is 24.3 Å². The first kappa shape index (κ1) is 19.7. The molecule has 6 nitrogen and oxygen atoms in total. The molecule has 1 aliphatic rings. The van der Waals surface area contributed by atoms with Gasteiger partial charge in [0.15, 0.2) is 0 Å². The van der Waals surface area contributed by atoms with Crippen molar-refractivity contribution in [2.45, 2.75) is 45.9 Å². The summed E-state index contributed by atoms with van der Waals surface area (Å²) in [6.07, 6.45) is 0.323. The summed E-state index contributed by atoms with van der Waals surface area (Å²) in [4.78, 5) is 15.1. The Morgan fingerprint density at radius 3 is 2.57 bits per heavy atom. The third-order valence-electron chi connectivity index (χ3n) is 4.36. The van der Waals surface area contributed by atoms with Crippen molar-refractivity contribution in [1.29, 1.82) is 10.5 Å². The van der Waals surface area contributed by atoms with Crippen molar-refractivity contribution in [3.8, 4) is 12.1 Å². The van der Waals surface area contributed by atoms with Gasteiger partial charge in [-0.1, -0.05) is 12.1 Å². The zero-order valence-corrected chi connectivity index (χ0v) is 17.0. The van der Waals surface area contributed by atoms with Gasteiger partial charge >= 0.3 is 6.09 Å². The number of nitrogens with zero attached hydrogens (tertiary/aromatic N) is 3. The number of hydrogen-bond donors (Lipinski definition) is 1. The van der Waals surface area contributed by atoms with Crippen molar-refractivity contribution in [2.24, 2.45) is 0 Å². The fraction of sp³-hybridized carbons (Fsp3) is 0.381. The van der Waals surface area contributed by atoms with Crippen molar-refractivity contribution < 1.29 is 9.53 Å². The standard InChI is InChI=1S/C21H22N4O2S/c1-21(2,3)27-20(26)25-9-8-16-17(11-23)19(28-18(16)13-25)24-12-15-6-4-14(10-22)5-7-15/h4-7,24H,8-9,12-13H2,1-3H3. The van der Waals surface area contributed by atoms with Crippen LogP contribution < -0.4 is 5.32 Å². The summed E-state index contributed by atoms with van der Waals surface area (Å²) >= 11 is 1.52. The maximum absolute atomic E-state index is 12.4. The van der Waals surface area contributed by atoms with Gasteiger partial charge in [0, 0.05) is 18.0 Å². The number of carbonyl (C=O) groups excluding carboxylic acids is 1. The molecule has 0 saturated heterocycles. The second kappa shape index (κ2) is 7.92. The van der Waals surface area contributed by atoms with Crippen LogP contribution in [0.4, 0.5) is 9.80 Å². The molecule has 144 valence electrons. The summed E-state index contributed by atoms with van der Waals surface area (Å²) in [5.41, 5.74) is 2.81. The van der Waals surface area contributed by atoms with Gasteiger partial charge in [-0.05, 0) is 50.5 Å². The van der Waals surface area contributed by atoms with E-state index in [1.807, 2.05) is 32.9 Å². The zero-order valence-electron chi connectivity index (χ0n) is 16.2. The van der Waals surface area contributed by atoms with Gasteiger partial charge in [0.2, 0.25) is 0 Å². The summed E-state index contributed by atoms with van der Waals surface area (Å²) < 4.78 is 5.47. The average Bonchev–Trinajstić information content (AvgIpc) is 3.02. The lowest BCUT2D eigenvalue weighted by Crippen LogP contribution is -2.39. The van der Waals surface area contributed by atoms with Crippen molar-refractivity contribution >= 4 is 22.4 Å². The van der Waals surface area contributed by atoms with Gasteiger partial charge in [0.05, 0.1) is 23.7 Å². The number of ether oxygens (including phenoxy) is 1. The lowest BCUT2D eigenvalue weighted by Gasteiger charge is -2.29. The minimum Gasteiger partial charge on any atom is -0.444 e. The van der Waals surface area contributed by atoms with Crippen LogP contribution in [0.1, 0.15) is 47.9 Å². The second-order valence-corrected chi connectivity index (χ2v) is 8.74. The minimum atomic E-state index is -0.529. The highest BCUT2D eigenvalue weighted by molar-refractivity contribution is 7.16. The smallest absolute Gasteiger partial charge is 0.410 e.